The summed E-state index contributed by atoms with van der Waals surface area (Å²) in [5.41, 5.74) is 0.508. The quantitative estimate of drug-likeness (QED) is 0.777. The number of rotatable bonds is 7. The molecule has 0 aromatic heterocycles. The van der Waals surface area contributed by atoms with Gasteiger partial charge < -0.3 is 20.3 Å². The number of benzene rings is 1. The Morgan fingerprint density at radius 3 is 2.15 bits per heavy atom. The second-order valence-corrected chi connectivity index (χ2v) is 8.16. The summed E-state index contributed by atoms with van der Waals surface area (Å²) in [6.07, 6.45) is 0.570. The molecule has 6 nitrogen and oxygen atoms in total. The van der Waals surface area contributed by atoms with E-state index in [1.54, 1.807) is 20.8 Å². The Hall–Kier alpha value is -2.24. The fourth-order valence-corrected chi connectivity index (χ4v) is 2.36. The van der Waals surface area contributed by atoms with E-state index in [0.29, 0.717) is 5.56 Å². The Balaban J connectivity index is 2.60. The molecule has 0 aliphatic carbocycles. The smallest absolute Gasteiger partial charge is 0.407 e. The van der Waals surface area contributed by atoms with Crippen molar-refractivity contribution in [1.82, 2.24) is 10.6 Å². The molecule has 1 aromatic rings. The van der Waals surface area contributed by atoms with Gasteiger partial charge in [0.2, 0.25) is 0 Å². The van der Waals surface area contributed by atoms with Gasteiger partial charge in [-0.25, -0.2) is 4.79 Å². The molecular formula is C20H33N3O3. The number of nitrogens with zero attached hydrogens (tertiary/aromatic N) is 1. The molecule has 0 radical (unpaired) electrons. The van der Waals surface area contributed by atoms with Crippen LogP contribution in [0.2, 0.25) is 0 Å². The third-order valence-corrected chi connectivity index (χ3v) is 3.65. The first kappa shape index (κ1) is 21.8. The summed E-state index contributed by atoms with van der Waals surface area (Å²) in [4.78, 5) is 26.4. The molecule has 1 aromatic carbocycles. The number of carbonyl (C=O) groups excluding carboxylic acids is 2. The van der Waals surface area contributed by atoms with Crippen molar-refractivity contribution in [2.75, 3.05) is 25.0 Å². The lowest BCUT2D eigenvalue weighted by atomic mass is 10.0. The molecule has 2 N–H and O–H groups in total. The molecule has 0 spiro atoms. The minimum absolute atomic E-state index is 0.175. The highest BCUT2D eigenvalue weighted by molar-refractivity contribution is 5.95. The summed E-state index contributed by atoms with van der Waals surface area (Å²) < 4.78 is 5.21. The van der Waals surface area contributed by atoms with E-state index in [2.05, 4.69) is 22.5 Å². The molecule has 0 aliphatic heterocycles. The lowest BCUT2D eigenvalue weighted by molar-refractivity contribution is 0.0509. The molecule has 2 amide bonds. The predicted molar refractivity (Wildman–Crippen MR) is 106 cm³/mol. The van der Waals surface area contributed by atoms with Crippen molar-refractivity contribution < 1.29 is 14.3 Å². The van der Waals surface area contributed by atoms with Gasteiger partial charge in [0.25, 0.3) is 5.91 Å². The van der Waals surface area contributed by atoms with Crippen LogP contribution in [0.3, 0.4) is 0 Å². The van der Waals surface area contributed by atoms with Crippen LogP contribution < -0.4 is 15.5 Å². The zero-order chi connectivity index (χ0) is 20.0. The first-order valence-electron chi connectivity index (χ1n) is 9.04. The summed E-state index contributed by atoms with van der Waals surface area (Å²) in [7, 11) is 2.03. The number of nitrogens with one attached hydrogen (secondary N) is 2. The van der Waals surface area contributed by atoms with E-state index in [1.165, 1.54) is 0 Å². The van der Waals surface area contributed by atoms with E-state index < -0.39 is 17.2 Å². The standard InChI is InChI=1S/C20H33N3O3/c1-8-13-23(7)16-11-9-15(10-12-16)17(24)22-20(5,6)14-21-18(25)26-19(2,3)4/h9-12H,8,13-14H2,1-7H3,(H,21,25)(H,22,24). The van der Waals surface area contributed by atoms with Gasteiger partial charge in [0.1, 0.15) is 5.60 Å². The SMILES string of the molecule is CCCN(C)c1ccc(C(=O)NC(C)(C)CNC(=O)OC(C)(C)C)cc1. The fraction of sp³-hybridized carbons (Fsp3) is 0.600. The Morgan fingerprint density at radius 1 is 1.08 bits per heavy atom. The minimum atomic E-state index is -0.605. The first-order valence-corrected chi connectivity index (χ1v) is 9.04. The molecule has 0 bridgehead atoms. The molecular weight excluding hydrogens is 330 g/mol. The van der Waals surface area contributed by atoms with Crippen molar-refractivity contribution in [3.8, 4) is 0 Å². The number of hydrogen-bond acceptors (Lipinski definition) is 4. The van der Waals surface area contributed by atoms with Gasteiger partial charge in [0, 0.05) is 31.4 Å². The number of amides is 2. The highest BCUT2D eigenvalue weighted by Gasteiger charge is 2.24. The van der Waals surface area contributed by atoms with Crippen LogP contribution in [0.4, 0.5) is 10.5 Å². The normalized spacial score (nSPS) is 11.7. The summed E-state index contributed by atoms with van der Waals surface area (Å²) in [5, 5.41) is 5.63. The molecule has 6 heteroatoms. The van der Waals surface area contributed by atoms with Gasteiger partial charge in [0.15, 0.2) is 0 Å². The summed E-state index contributed by atoms with van der Waals surface area (Å²) in [5.74, 6) is -0.175. The van der Waals surface area contributed by atoms with Crippen molar-refractivity contribution in [2.45, 2.75) is 59.1 Å². The maximum Gasteiger partial charge on any atom is 0.407 e. The van der Waals surface area contributed by atoms with E-state index in [9.17, 15) is 9.59 Å². The molecule has 1 rings (SSSR count). The van der Waals surface area contributed by atoms with E-state index >= 15 is 0 Å². The van der Waals surface area contributed by atoms with Crippen molar-refractivity contribution in [2.24, 2.45) is 0 Å². The van der Waals surface area contributed by atoms with Crippen LogP contribution in [0, 0.1) is 0 Å². The van der Waals surface area contributed by atoms with Gasteiger partial charge in [-0.15, -0.1) is 0 Å². The average Bonchev–Trinajstić information content (AvgIpc) is 2.51. The third-order valence-electron chi connectivity index (χ3n) is 3.65. The molecule has 0 atom stereocenters. The summed E-state index contributed by atoms with van der Waals surface area (Å²) in [6.45, 7) is 12.5. The molecule has 0 fully saturated rings. The first-order chi connectivity index (χ1) is 11.9. The van der Waals surface area contributed by atoms with E-state index in [0.717, 1.165) is 18.7 Å². The summed E-state index contributed by atoms with van der Waals surface area (Å²) >= 11 is 0. The Kier molecular flexibility index (Phi) is 7.48. The van der Waals surface area contributed by atoms with Crippen molar-refractivity contribution >= 4 is 17.7 Å². The zero-order valence-electron chi connectivity index (χ0n) is 17.1. The van der Waals surface area contributed by atoms with Crippen molar-refractivity contribution in [3.63, 3.8) is 0 Å². The number of alkyl carbamates (subject to hydrolysis) is 1. The number of carbonyl (C=O) groups is 2. The van der Waals surface area contributed by atoms with Gasteiger partial charge in [-0.1, -0.05) is 6.92 Å². The van der Waals surface area contributed by atoms with Crippen molar-refractivity contribution in [1.29, 1.82) is 0 Å². The Bertz CT molecular complexity index is 604. The topological polar surface area (TPSA) is 70.7 Å². The van der Waals surface area contributed by atoms with Gasteiger partial charge in [-0.2, -0.15) is 0 Å². The van der Waals surface area contributed by atoms with E-state index in [4.69, 9.17) is 4.74 Å². The van der Waals surface area contributed by atoms with Crippen LogP contribution in [0.5, 0.6) is 0 Å². The third kappa shape index (κ3) is 7.76. The van der Waals surface area contributed by atoms with Gasteiger partial charge >= 0.3 is 6.09 Å². The van der Waals surface area contributed by atoms with Crippen LogP contribution in [0.1, 0.15) is 58.3 Å². The van der Waals surface area contributed by atoms with Crippen LogP contribution in [0.15, 0.2) is 24.3 Å². The molecule has 0 saturated heterocycles. The largest absolute Gasteiger partial charge is 0.444 e. The molecule has 0 aliphatic rings. The maximum atomic E-state index is 12.5. The van der Waals surface area contributed by atoms with Gasteiger partial charge in [-0.05, 0) is 65.3 Å². The minimum Gasteiger partial charge on any atom is -0.444 e. The number of anilines is 1. The average molecular weight is 364 g/mol. The number of hydrogen-bond donors (Lipinski definition) is 2. The Morgan fingerprint density at radius 2 is 1.65 bits per heavy atom. The van der Waals surface area contributed by atoms with Crippen LogP contribution in [0.25, 0.3) is 0 Å². The lowest BCUT2D eigenvalue weighted by Gasteiger charge is -2.28. The monoisotopic (exact) mass is 363 g/mol. The highest BCUT2D eigenvalue weighted by atomic mass is 16.6. The molecule has 146 valence electrons. The lowest BCUT2D eigenvalue weighted by Crippen LogP contribution is -2.52. The van der Waals surface area contributed by atoms with Gasteiger partial charge in [0.05, 0.1) is 5.54 Å². The van der Waals surface area contributed by atoms with Crippen LogP contribution in [-0.4, -0.2) is 43.3 Å². The van der Waals surface area contributed by atoms with E-state index in [1.807, 2.05) is 45.2 Å². The molecule has 0 heterocycles. The molecule has 0 saturated carbocycles. The second-order valence-electron chi connectivity index (χ2n) is 8.16. The predicted octanol–water partition coefficient (Wildman–Crippen LogP) is 3.57. The number of ether oxygens (including phenoxy) is 1. The Labute approximate surface area is 157 Å². The van der Waals surface area contributed by atoms with Crippen LogP contribution in [-0.2, 0) is 4.74 Å². The van der Waals surface area contributed by atoms with Crippen LogP contribution >= 0.6 is 0 Å². The van der Waals surface area contributed by atoms with Gasteiger partial charge in [-0.3, -0.25) is 4.79 Å². The zero-order valence-corrected chi connectivity index (χ0v) is 17.1. The fourth-order valence-electron chi connectivity index (χ4n) is 2.36. The highest BCUT2D eigenvalue weighted by Crippen LogP contribution is 2.15. The summed E-state index contributed by atoms with van der Waals surface area (Å²) in [6, 6.07) is 7.51. The van der Waals surface area contributed by atoms with E-state index in [-0.39, 0.29) is 12.5 Å². The van der Waals surface area contributed by atoms with Crippen molar-refractivity contribution in [3.05, 3.63) is 29.8 Å². The molecule has 26 heavy (non-hydrogen) atoms. The molecule has 0 unspecified atom stereocenters. The maximum absolute atomic E-state index is 12.5. The second kappa shape index (κ2) is 8.92.